The monoisotopic (exact) mass is 199 g/mol. The van der Waals surface area contributed by atoms with Crippen LogP contribution in [-0.4, -0.2) is 36.8 Å². The van der Waals surface area contributed by atoms with E-state index in [-0.39, 0.29) is 11.3 Å². The molecule has 0 saturated heterocycles. The number of benzene rings is 1. The lowest BCUT2D eigenvalue weighted by molar-refractivity contribution is -0.903. The molecule has 1 N–H and O–H groups in total. The first kappa shape index (κ1) is 13.1. The van der Waals surface area contributed by atoms with Gasteiger partial charge in [0.2, 0.25) is 0 Å². The van der Waals surface area contributed by atoms with E-state index in [2.05, 4.69) is 26.2 Å². The van der Waals surface area contributed by atoms with Crippen molar-refractivity contribution in [2.75, 3.05) is 27.2 Å². The van der Waals surface area contributed by atoms with Gasteiger partial charge in [-0.2, -0.15) is 0 Å². The Hall–Kier alpha value is -0.930. The number of nitrogens with zero attached hydrogens (tertiary/aromatic N) is 1. The summed E-state index contributed by atoms with van der Waals surface area (Å²) in [6.07, 6.45) is 0. The first-order valence-electron chi connectivity index (χ1n) is 4.61. The molecule has 0 aromatic heterocycles. The second-order valence-electron chi connectivity index (χ2n) is 4.03. The van der Waals surface area contributed by atoms with E-state index in [1.807, 2.05) is 18.2 Å². The second-order valence-corrected chi connectivity index (χ2v) is 4.03. The SMILES string of the molecule is C[N+](C)(CCO)Cc1ccccc1.[F-]. The van der Waals surface area contributed by atoms with Gasteiger partial charge in [-0.25, -0.2) is 0 Å². The van der Waals surface area contributed by atoms with Gasteiger partial charge in [0.15, 0.2) is 0 Å². The number of halogens is 1. The summed E-state index contributed by atoms with van der Waals surface area (Å²) >= 11 is 0. The molecule has 3 heteroatoms. The molecule has 1 rings (SSSR count). The molecule has 0 radical (unpaired) electrons. The fourth-order valence-electron chi connectivity index (χ4n) is 1.43. The van der Waals surface area contributed by atoms with Crippen LogP contribution in [0.1, 0.15) is 5.56 Å². The number of aliphatic hydroxyl groups excluding tert-OH is 1. The maximum absolute atomic E-state index is 8.86. The molecule has 80 valence electrons. The molecule has 1 aromatic rings. The average Bonchev–Trinajstić information content (AvgIpc) is 2.04. The normalized spacial score (nSPS) is 10.8. The van der Waals surface area contributed by atoms with Crippen molar-refractivity contribution >= 4 is 0 Å². The maximum Gasteiger partial charge on any atom is 0.104 e. The second kappa shape index (κ2) is 5.73. The highest BCUT2D eigenvalue weighted by Gasteiger charge is 2.13. The summed E-state index contributed by atoms with van der Waals surface area (Å²) in [4.78, 5) is 0. The Kier molecular flexibility index (Phi) is 5.35. The van der Waals surface area contributed by atoms with Crippen molar-refractivity contribution in [2.45, 2.75) is 6.54 Å². The molecule has 1 aromatic carbocycles. The van der Waals surface area contributed by atoms with Gasteiger partial charge in [0, 0.05) is 5.56 Å². The molecule has 2 nitrogen and oxygen atoms in total. The first-order valence-corrected chi connectivity index (χ1v) is 4.61. The van der Waals surface area contributed by atoms with Gasteiger partial charge in [-0.1, -0.05) is 30.3 Å². The molecule has 0 aliphatic rings. The minimum atomic E-state index is 0. The van der Waals surface area contributed by atoms with E-state index in [4.69, 9.17) is 5.11 Å². The van der Waals surface area contributed by atoms with Crippen molar-refractivity contribution in [3.05, 3.63) is 35.9 Å². The van der Waals surface area contributed by atoms with Crippen LogP contribution in [0.5, 0.6) is 0 Å². The maximum atomic E-state index is 8.86. The minimum Gasteiger partial charge on any atom is -1.00 e. The highest BCUT2D eigenvalue weighted by Crippen LogP contribution is 2.07. The standard InChI is InChI=1S/C11H18NO.FH/c1-12(2,8-9-13)10-11-6-4-3-5-7-11;/h3-7,13H,8-10H2,1-2H3;1H/q+1;/p-1. The van der Waals surface area contributed by atoms with Gasteiger partial charge in [-0.15, -0.1) is 0 Å². The van der Waals surface area contributed by atoms with Crippen molar-refractivity contribution in [2.24, 2.45) is 0 Å². The number of hydrogen-bond donors (Lipinski definition) is 1. The molecule has 0 spiro atoms. The van der Waals surface area contributed by atoms with Gasteiger partial charge in [0.05, 0.1) is 20.7 Å². The van der Waals surface area contributed by atoms with Crippen LogP contribution >= 0.6 is 0 Å². The van der Waals surface area contributed by atoms with Crippen molar-refractivity contribution in [1.82, 2.24) is 0 Å². The summed E-state index contributed by atoms with van der Waals surface area (Å²) in [6.45, 7) is 2.02. The van der Waals surface area contributed by atoms with Crippen LogP contribution < -0.4 is 4.70 Å². The lowest BCUT2D eigenvalue weighted by Gasteiger charge is -2.28. The zero-order chi connectivity index (χ0) is 9.73. The van der Waals surface area contributed by atoms with Gasteiger partial charge in [-0.05, 0) is 0 Å². The van der Waals surface area contributed by atoms with E-state index < -0.39 is 0 Å². The molecule has 0 saturated carbocycles. The highest BCUT2D eigenvalue weighted by atomic mass is 19.0. The van der Waals surface area contributed by atoms with Gasteiger partial charge in [-0.3, -0.25) is 0 Å². The molecule has 0 amide bonds. The molecule has 0 atom stereocenters. The number of hydrogen-bond acceptors (Lipinski definition) is 1. The number of quaternary nitrogens is 1. The van der Waals surface area contributed by atoms with E-state index in [1.165, 1.54) is 5.56 Å². The summed E-state index contributed by atoms with van der Waals surface area (Å²) < 4.78 is 0.834. The van der Waals surface area contributed by atoms with E-state index in [1.54, 1.807) is 0 Å². The Morgan fingerprint density at radius 1 is 1.14 bits per heavy atom. The summed E-state index contributed by atoms with van der Waals surface area (Å²) in [5.41, 5.74) is 1.32. The van der Waals surface area contributed by atoms with Gasteiger partial charge in [0.1, 0.15) is 13.1 Å². The van der Waals surface area contributed by atoms with Crippen LogP contribution in [0.3, 0.4) is 0 Å². The van der Waals surface area contributed by atoms with E-state index in [0.29, 0.717) is 0 Å². The molecule has 0 aliphatic carbocycles. The summed E-state index contributed by atoms with van der Waals surface area (Å²) in [6, 6.07) is 10.4. The molecule has 0 aliphatic heterocycles. The molecule has 0 fully saturated rings. The molecule has 0 unspecified atom stereocenters. The molecular weight excluding hydrogens is 181 g/mol. The Morgan fingerprint density at radius 2 is 1.71 bits per heavy atom. The summed E-state index contributed by atoms with van der Waals surface area (Å²) in [5.74, 6) is 0. The summed E-state index contributed by atoms with van der Waals surface area (Å²) in [5, 5.41) is 8.86. The van der Waals surface area contributed by atoms with Crippen molar-refractivity contribution in [1.29, 1.82) is 0 Å². The molecular formula is C11H18FNO. The number of rotatable bonds is 4. The Balaban J connectivity index is 0.00000169. The fraction of sp³-hybridized carbons (Fsp3) is 0.455. The molecule has 0 bridgehead atoms. The Morgan fingerprint density at radius 3 is 2.21 bits per heavy atom. The predicted octanol–water partition coefficient (Wildman–Crippen LogP) is -1.74. The Bertz CT molecular complexity index is 249. The van der Waals surface area contributed by atoms with E-state index >= 15 is 0 Å². The van der Waals surface area contributed by atoms with Gasteiger partial charge >= 0.3 is 0 Å². The van der Waals surface area contributed by atoms with Crippen LogP contribution in [-0.2, 0) is 6.54 Å². The average molecular weight is 199 g/mol. The van der Waals surface area contributed by atoms with Crippen LogP contribution in [0.15, 0.2) is 30.3 Å². The number of aliphatic hydroxyl groups is 1. The zero-order valence-corrected chi connectivity index (χ0v) is 8.78. The third kappa shape index (κ3) is 4.35. The van der Waals surface area contributed by atoms with Gasteiger partial charge < -0.3 is 14.3 Å². The summed E-state index contributed by atoms with van der Waals surface area (Å²) in [7, 11) is 4.26. The van der Waals surface area contributed by atoms with Crippen LogP contribution in [0.25, 0.3) is 0 Å². The predicted molar refractivity (Wildman–Crippen MR) is 54.2 cm³/mol. The number of likely N-dealkylation sites (N-methyl/N-ethyl adjacent to an activating group) is 1. The Labute approximate surface area is 84.7 Å². The highest BCUT2D eigenvalue weighted by molar-refractivity contribution is 5.13. The van der Waals surface area contributed by atoms with Crippen molar-refractivity contribution in [3.8, 4) is 0 Å². The third-order valence-electron chi connectivity index (χ3n) is 2.16. The quantitative estimate of drug-likeness (QED) is 0.571. The molecule has 0 heterocycles. The lowest BCUT2D eigenvalue weighted by Crippen LogP contribution is -3.00. The smallest absolute Gasteiger partial charge is 0.104 e. The van der Waals surface area contributed by atoms with Gasteiger partial charge in [0.25, 0.3) is 0 Å². The van der Waals surface area contributed by atoms with Crippen molar-refractivity contribution < 1.29 is 14.3 Å². The van der Waals surface area contributed by atoms with Crippen molar-refractivity contribution in [3.63, 3.8) is 0 Å². The van der Waals surface area contributed by atoms with Crippen LogP contribution in [0.2, 0.25) is 0 Å². The van der Waals surface area contributed by atoms with Crippen LogP contribution in [0.4, 0.5) is 0 Å². The third-order valence-corrected chi connectivity index (χ3v) is 2.16. The largest absolute Gasteiger partial charge is 1.00 e. The minimum absolute atomic E-state index is 0. The van der Waals surface area contributed by atoms with Crippen LogP contribution in [0, 0.1) is 0 Å². The van der Waals surface area contributed by atoms with E-state index in [0.717, 1.165) is 17.6 Å². The topological polar surface area (TPSA) is 20.2 Å². The lowest BCUT2D eigenvalue weighted by atomic mass is 10.2. The molecule has 14 heavy (non-hydrogen) atoms. The fourth-order valence-corrected chi connectivity index (χ4v) is 1.43. The first-order chi connectivity index (χ1) is 6.14. The van der Waals surface area contributed by atoms with E-state index in [9.17, 15) is 0 Å². The zero-order valence-electron chi connectivity index (χ0n) is 8.78.